The molecule has 0 saturated carbocycles. The fraction of sp³-hybridized carbons (Fsp3) is 0.0769. The van der Waals surface area contributed by atoms with Gasteiger partial charge < -0.3 is 10.7 Å². The predicted octanol–water partition coefficient (Wildman–Crippen LogP) is 3.45. The SMILES string of the molecule is Cc1c(Br)cccc1NC(=O)c1cc(Br)cnc1NN. The molecule has 0 bridgehead atoms. The van der Waals surface area contributed by atoms with E-state index >= 15 is 0 Å². The van der Waals surface area contributed by atoms with Crippen LogP contribution >= 0.6 is 31.9 Å². The highest BCUT2D eigenvalue weighted by Gasteiger charge is 2.14. The van der Waals surface area contributed by atoms with Gasteiger partial charge in [-0.3, -0.25) is 4.79 Å². The molecule has 1 aromatic heterocycles. The van der Waals surface area contributed by atoms with E-state index in [1.165, 1.54) is 0 Å². The number of benzene rings is 1. The summed E-state index contributed by atoms with van der Waals surface area (Å²) in [6, 6.07) is 7.26. The van der Waals surface area contributed by atoms with Crippen LogP contribution in [-0.2, 0) is 0 Å². The number of carbonyl (C=O) groups excluding carboxylic acids is 1. The Morgan fingerprint density at radius 2 is 2.10 bits per heavy atom. The van der Waals surface area contributed by atoms with E-state index in [0.29, 0.717) is 15.9 Å². The number of aromatic nitrogens is 1. The number of anilines is 2. The monoisotopic (exact) mass is 398 g/mol. The van der Waals surface area contributed by atoms with E-state index in [1.54, 1.807) is 12.3 Å². The second kappa shape index (κ2) is 6.34. The largest absolute Gasteiger partial charge is 0.322 e. The molecule has 0 aliphatic rings. The molecule has 0 atom stereocenters. The summed E-state index contributed by atoms with van der Waals surface area (Å²) in [5.74, 6) is 5.40. The van der Waals surface area contributed by atoms with Crippen molar-refractivity contribution >= 4 is 49.3 Å². The average molecular weight is 400 g/mol. The Labute approximate surface area is 133 Å². The van der Waals surface area contributed by atoms with E-state index in [9.17, 15) is 4.79 Å². The maximum Gasteiger partial charge on any atom is 0.259 e. The number of carbonyl (C=O) groups is 1. The zero-order chi connectivity index (χ0) is 14.7. The van der Waals surface area contributed by atoms with Gasteiger partial charge in [0.05, 0.1) is 5.56 Å². The van der Waals surface area contributed by atoms with Crippen LogP contribution in [0.3, 0.4) is 0 Å². The van der Waals surface area contributed by atoms with Gasteiger partial charge in [-0.15, -0.1) is 0 Å². The summed E-state index contributed by atoms with van der Waals surface area (Å²) in [5, 5.41) is 2.84. The van der Waals surface area contributed by atoms with Crippen molar-refractivity contribution in [2.45, 2.75) is 6.92 Å². The van der Waals surface area contributed by atoms with Crippen LogP contribution < -0.4 is 16.6 Å². The lowest BCUT2D eigenvalue weighted by Crippen LogP contribution is -2.18. The predicted molar refractivity (Wildman–Crippen MR) is 86.6 cm³/mol. The Morgan fingerprint density at radius 1 is 1.35 bits per heavy atom. The van der Waals surface area contributed by atoms with Gasteiger partial charge in [-0.1, -0.05) is 22.0 Å². The number of hydrogen-bond donors (Lipinski definition) is 3. The third-order valence-corrected chi connectivity index (χ3v) is 4.04. The third-order valence-electron chi connectivity index (χ3n) is 2.75. The number of halogens is 2. The molecule has 1 heterocycles. The standard InChI is InChI=1S/C13H12Br2N4O/c1-7-10(15)3-2-4-11(7)18-13(20)9-5-8(14)6-17-12(9)19-16/h2-6H,16H2,1H3,(H,17,19)(H,18,20). The lowest BCUT2D eigenvalue weighted by atomic mass is 10.2. The Bertz CT molecular complexity index is 661. The first-order valence-corrected chi connectivity index (χ1v) is 7.30. The molecule has 0 saturated heterocycles. The Kier molecular flexibility index (Phi) is 4.74. The van der Waals surface area contributed by atoms with Crippen LogP contribution in [0, 0.1) is 6.92 Å². The van der Waals surface area contributed by atoms with Gasteiger partial charge in [0.2, 0.25) is 0 Å². The number of hydrogen-bond acceptors (Lipinski definition) is 4. The number of pyridine rings is 1. The van der Waals surface area contributed by atoms with E-state index in [0.717, 1.165) is 15.7 Å². The zero-order valence-electron chi connectivity index (χ0n) is 10.6. The van der Waals surface area contributed by atoms with E-state index in [2.05, 4.69) is 47.6 Å². The molecule has 0 radical (unpaired) electrons. The summed E-state index contributed by atoms with van der Waals surface area (Å²) in [5.41, 5.74) is 4.45. The quantitative estimate of drug-likeness (QED) is 0.545. The summed E-state index contributed by atoms with van der Waals surface area (Å²) in [6.45, 7) is 1.92. The molecule has 7 heteroatoms. The van der Waals surface area contributed by atoms with Crippen LogP contribution in [0.5, 0.6) is 0 Å². The van der Waals surface area contributed by atoms with Crippen LogP contribution in [0.25, 0.3) is 0 Å². The second-order valence-electron chi connectivity index (χ2n) is 4.06. The molecule has 4 N–H and O–H groups in total. The van der Waals surface area contributed by atoms with E-state index in [4.69, 9.17) is 5.84 Å². The number of hydrazine groups is 1. The Morgan fingerprint density at radius 3 is 2.80 bits per heavy atom. The van der Waals surface area contributed by atoms with Gasteiger partial charge in [0.1, 0.15) is 0 Å². The summed E-state index contributed by atoms with van der Waals surface area (Å²) in [7, 11) is 0. The minimum atomic E-state index is -0.284. The van der Waals surface area contributed by atoms with Gasteiger partial charge in [0.15, 0.2) is 5.82 Å². The maximum absolute atomic E-state index is 12.3. The number of rotatable bonds is 3. The van der Waals surface area contributed by atoms with Crippen molar-refractivity contribution in [3.63, 3.8) is 0 Å². The highest BCUT2D eigenvalue weighted by atomic mass is 79.9. The van der Waals surface area contributed by atoms with Gasteiger partial charge >= 0.3 is 0 Å². The highest BCUT2D eigenvalue weighted by Crippen LogP contribution is 2.25. The fourth-order valence-corrected chi connectivity index (χ4v) is 2.36. The molecule has 0 aliphatic heterocycles. The van der Waals surface area contributed by atoms with Crippen molar-refractivity contribution in [1.82, 2.24) is 4.98 Å². The summed E-state index contributed by atoms with van der Waals surface area (Å²) >= 11 is 6.72. The van der Waals surface area contributed by atoms with Crippen molar-refractivity contribution in [3.05, 3.63) is 50.5 Å². The van der Waals surface area contributed by atoms with Crippen molar-refractivity contribution in [3.8, 4) is 0 Å². The van der Waals surface area contributed by atoms with Gasteiger partial charge in [-0.05, 0) is 46.6 Å². The third kappa shape index (κ3) is 3.17. The van der Waals surface area contributed by atoms with Crippen LogP contribution in [0.15, 0.2) is 39.4 Å². The minimum absolute atomic E-state index is 0.284. The van der Waals surface area contributed by atoms with Crippen molar-refractivity contribution in [2.75, 3.05) is 10.7 Å². The molecule has 2 aromatic rings. The van der Waals surface area contributed by atoms with Gasteiger partial charge in [0.25, 0.3) is 5.91 Å². The van der Waals surface area contributed by atoms with E-state index < -0.39 is 0 Å². The molecule has 5 nitrogen and oxygen atoms in total. The first-order valence-electron chi connectivity index (χ1n) is 5.71. The molecule has 0 aliphatic carbocycles. The second-order valence-corrected chi connectivity index (χ2v) is 5.83. The van der Waals surface area contributed by atoms with Crippen LogP contribution in [0.1, 0.15) is 15.9 Å². The van der Waals surface area contributed by atoms with Gasteiger partial charge in [-0.2, -0.15) is 0 Å². The number of nitrogens with one attached hydrogen (secondary N) is 2. The van der Waals surface area contributed by atoms with Crippen molar-refractivity contribution < 1.29 is 4.79 Å². The van der Waals surface area contributed by atoms with Gasteiger partial charge in [0, 0.05) is 20.8 Å². The number of nitrogen functional groups attached to an aromatic ring is 1. The zero-order valence-corrected chi connectivity index (χ0v) is 13.7. The van der Waals surface area contributed by atoms with Crippen molar-refractivity contribution in [1.29, 1.82) is 0 Å². The van der Waals surface area contributed by atoms with Crippen LogP contribution in [-0.4, -0.2) is 10.9 Å². The molecular formula is C13H12Br2N4O. The summed E-state index contributed by atoms with van der Waals surface area (Å²) in [6.07, 6.45) is 1.57. The summed E-state index contributed by atoms with van der Waals surface area (Å²) < 4.78 is 1.63. The molecule has 2 rings (SSSR count). The molecule has 0 fully saturated rings. The number of amides is 1. The molecule has 0 spiro atoms. The molecule has 20 heavy (non-hydrogen) atoms. The molecule has 1 amide bonds. The summed E-state index contributed by atoms with van der Waals surface area (Å²) in [4.78, 5) is 16.4. The lowest BCUT2D eigenvalue weighted by Gasteiger charge is -2.12. The minimum Gasteiger partial charge on any atom is -0.322 e. The first kappa shape index (κ1) is 15.0. The number of nitrogens with zero attached hydrogens (tertiary/aromatic N) is 1. The topological polar surface area (TPSA) is 80.0 Å². The molecule has 1 aromatic carbocycles. The van der Waals surface area contributed by atoms with E-state index in [-0.39, 0.29) is 5.91 Å². The van der Waals surface area contributed by atoms with Crippen LogP contribution in [0.4, 0.5) is 11.5 Å². The molecular weight excluding hydrogens is 388 g/mol. The fourth-order valence-electron chi connectivity index (χ4n) is 1.66. The highest BCUT2D eigenvalue weighted by molar-refractivity contribution is 9.10. The smallest absolute Gasteiger partial charge is 0.259 e. The maximum atomic E-state index is 12.3. The Hall–Kier alpha value is -1.44. The first-order chi connectivity index (χ1) is 9.52. The van der Waals surface area contributed by atoms with Crippen molar-refractivity contribution in [2.24, 2.45) is 5.84 Å². The molecule has 0 unspecified atom stereocenters. The normalized spacial score (nSPS) is 10.2. The van der Waals surface area contributed by atoms with E-state index in [1.807, 2.05) is 25.1 Å². The van der Waals surface area contributed by atoms with Crippen LogP contribution in [0.2, 0.25) is 0 Å². The average Bonchev–Trinajstić information content (AvgIpc) is 2.43. The lowest BCUT2D eigenvalue weighted by molar-refractivity contribution is 0.102. The molecule has 104 valence electrons. The van der Waals surface area contributed by atoms with Gasteiger partial charge in [-0.25, -0.2) is 10.8 Å². The number of nitrogens with two attached hydrogens (primary N) is 1. The Balaban J connectivity index is 2.33.